The molecule has 0 aliphatic rings. The Morgan fingerprint density at radius 3 is 2.16 bits per heavy atom. The third-order valence-corrected chi connectivity index (χ3v) is 12.9. The smallest absolute Gasteiger partial charge is 0.164 e. The van der Waals surface area contributed by atoms with Gasteiger partial charge in [0.25, 0.3) is 0 Å². The normalized spacial score (nSPS) is 12.6. The third kappa shape index (κ3) is 9.19. The fourth-order valence-electron chi connectivity index (χ4n) is 7.09. The molecule has 0 spiro atoms. The van der Waals surface area contributed by atoms with E-state index < -0.39 is 0 Å². The number of aromatic nitrogens is 1. The number of pyridine rings is 1. The molecule has 3 aromatic heterocycles. The fourth-order valence-corrected chi connectivity index (χ4v) is 8.11. The van der Waals surface area contributed by atoms with Crippen LogP contribution in [0.2, 0.25) is 0 Å². The van der Waals surface area contributed by atoms with Crippen molar-refractivity contribution in [1.82, 2.24) is 4.98 Å². The van der Waals surface area contributed by atoms with Gasteiger partial charge in [0.2, 0.25) is 0 Å². The van der Waals surface area contributed by atoms with Gasteiger partial charge in [0.1, 0.15) is 11.3 Å². The second-order valence-electron chi connectivity index (χ2n) is 17.0. The van der Waals surface area contributed by atoms with Crippen LogP contribution in [0, 0.1) is 29.7 Å². The molecule has 3 aromatic carbocycles. The number of allylic oxidation sites excluding steroid dienone is 2. The number of aryl methyl sites for hydroxylation is 1. The van der Waals surface area contributed by atoms with Gasteiger partial charge in [-0.05, 0) is 84.1 Å². The summed E-state index contributed by atoms with van der Waals surface area (Å²) in [4.78, 5) is 17.4. The van der Waals surface area contributed by atoms with Gasteiger partial charge in [-0.2, -0.15) is 0 Å². The molecule has 0 atom stereocenters. The number of nitrogens with zero attached hydrogens (tertiary/aromatic N) is 1. The Kier molecular flexibility index (Phi) is 14.2. The molecule has 1 radical (unpaired) electrons. The number of ketones is 1. The molecule has 0 unspecified atom stereocenters. The van der Waals surface area contributed by atoms with Crippen LogP contribution in [-0.2, 0) is 36.7 Å². The number of rotatable bonds is 11. The molecule has 3 heterocycles. The van der Waals surface area contributed by atoms with E-state index >= 15 is 0 Å². The van der Waals surface area contributed by atoms with Crippen LogP contribution in [0.3, 0.4) is 0 Å². The van der Waals surface area contributed by atoms with Crippen molar-refractivity contribution in [3.8, 4) is 22.4 Å². The van der Waals surface area contributed by atoms with E-state index in [1.54, 1.807) is 11.3 Å². The quantitative estimate of drug-likeness (QED) is 0.0799. The summed E-state index contributed by atoms with van der Waals surface area (Å²) in [6.07, 6.45) is 7.58. The zero-order chi connectivity index (χ0) is 39.6. The van der Waals surface area contributed by atoms with E-state index in [0.717, 1.165) is 59.8 Å². The Morgan fingerprint density at radius 1 is 0.891 bits per heavy atom. The first-order chi connectivity index (χ1) is 25.5. The van der Waals surface area contributed by atoms with Crippen LogP contribution in [0.1, 0.15) is 119 Å². The minimum absolute atomic E-state index is 0. The Bertz CT molecular complexity index is 2290. The van der Waals surface area contributed by atoms with Crippen molar-refractivity contribution in [2.45, 2.75) is 121 Å². The van der Waals surface area contributed by atoms with Crippen LogP contribution < -0.4 is 0 Å². The molecule has 0 bridgehead atoms. The molecule has 0 aliphatic heterocycles. The van der Waals surface area contributed by atoms with Gasteiger partial charge in [-0.15, -0.1) is 40.5 Å². The van der Waals surface area contributed by atoms with Crippen LogP contribution in [0.4, 0.5) is 0 Å². The predicted octanol–water partition coefficient (Wildman–Crippen LogP) is 14.8. The van der Waals surface area contributed by atoms with E-state index in [9.17, 15) is 9.90 Å². The number of aliphatic hydroxyl groups is 1. The number of fused-ring (bicyclic) bond motifs is 3. The Labute approximate surface area is 347 Å². The number of aliphatic hydroxyl groups excluding tert-OH is 1. The zero-order valence-corrected chi connectivity index (χ0v) is 38.2. The molecule has 6 aromatic rings. The molecular weight excluding hydrogens is 875 g/mol. The molecule has 0 aliphatic carbocycles. The SMILES string of the molecule is CCC(C)(CC)C(=O)/C=C(\O)C(C)(CC)CC.Cc1csc2c(-c3ccc(CC(C)C)c4occc34)cc(-c3[c-]c4ccccc4c(C(C)(C)C)c3)nc12.[Ir]. The van der Waals surface area contributed by atoms with E-state index in [1.807, 2.05) is 47.8 Å². The average molecular weight is 935 g/mol. The maximum Gasteiger partial charge on any atom is 0.164 e. The van der Waals surface area contributed by atoms with Crippen LogP contribution in [-0.4, -0.2) is 15.9 Å². The van der Waals surface area contributed by atoms with Gasteiger partial charge in [0.05, 0.1) is 16.5 Å². The van der Waals surface area contributed by atoms with Gasteiger partial charge < -0.3 is 9.52 Å². The molecule has 0 saturated carbocycles. The van der Waals surface area contributed by atoms with Gasteiger partial charge >= 0.3 is 0 Å². The fraction of sp³-hybridized carbons (Fsp3) is 0.429. The van der Waals surface area contributed by atoms with Crippen LogP contribution >= 0.6 is 11.3 Å². The molecule has 4 nitrogen and oxygen atoms in total. The summed E-state index contributed by atoms with van der Waals surface area (Å²) in [6.45, 7) is 25.6. The van der Waals surface area contributed by atoms with Crippen molar-refractivity contribution < 1.29 is 34.4 Å². The number of thiophene rings is 1. The zero-order valence-electron chi connectivity index (χ0n) is 35.0. The van der Waals surface area contributed by atoms with E-state index in [1.165, 1.54) is 49.4 Å². The Hall–Kier alpha value is -3.57. The number of carbonyl (C=O) groups excluding carboxylic acids is 1. The van der Waals surface area contributed by atoms with Gasteiger partial charge in [0, 0.05) is 48.1 Å². The minimum atomic E-state index is -0.337. The maximum absolute atomic E-state index is 12.2. The summed E-state index contributed by atoms with van der Waals surface area (Å²) >= 11 is 1.77. The summed E-state index contributed by atoms with van der Waals surface area (Å²) in [5, 5.41) is 15.9. The number of hydrogen-bond donors (Lipinski definition) is 1. The van der Waals surface area contributed by atoms with Crippen LogP contribution in [0.5, 0.6) is 0 Å². The van der Waals surface area contributed by atoms with Gasteiger partial charge in [-0.3, -0.25) is 9.78 Å². The summed E-state index contributed by atoms with van der Waals surface area (Å²) in [7, 11) is 0. The topological polar surface area (TPSA) is 63.3 Å². The molecule has 295 valence electrons. The first-order valence-electron chi connectivity index (χ1n) is 19.8. The standard InChI is InChI=1S/C34H32NOS.C15H28O2.Ir/c1-20(2)15-23-11-12-26(27-13-14-36-32(23)27)28-18-30(35-31-21(3)19-37-33(28)31)24-16-22-9-7-8-10-25(22)29(17-24)34(4,5)6;1-7-14(5,8-2)12(16)11-13(17)15(6,9-3)10-4;/h7-14,17-20H,15H2,1-6H3;11,16H,7-10H2,1-6H3;/q-1;;/b;12-11-;. The number of benzene rings is 3. The summed E-state index contributed by atoms with van der Waals surface area (Å²) in [5.41, 5.74) is 9.67. The van der Waals surface area contributed by atoms with Crippen LogP contribution in [0.15, 0.2) is 82.5 Å². The number of furan rings is 1. The van der Waals surface area contributed by atoms with Crippen molar-refractivity contribution in [1.29, 1.82) is 0 Å². The van der Waals surface area contributed by atoms with Crippen molar-refractivity contribution >= 4 is 49.1 Å². The molecule has 0 amide bonds. The van der Waals surface area contributed by atoms with E-state index in [-0.39, 0.29) is 47.9 Å². The molecule has 6 rings (SSSR count). The maximum atomic E-state index is 12.2. The molecule has 55 heavy (non-hydrogen) atoms. The Morgan fingerprint density at radius 2 is 1.55 bits per heavy atom. The van der Waals surface area contributed by atoms with E-state index in [2.05, 4.69) is 108 Å². The molecule has 0 fully saturated rings. The molecule has 0 saturated heterocycles. The second kappa shape index (κ2) is 17.7. The average Bonchev–Trinajstić information content (AvgIpc) is 3.80. The third-order valence-electron chi connectivity index (χ3n) is 11.8. The number of carbonyl (C=O) groups is 1. The van der Waals surface area contributed by atoms with Gasteiger partial charge in [0.15, 0.2) is 5.78 Å². The second-order valence-corrected chi connectivity index (χ2v) is 17.9. The molecule has 6 heteroatoms. The van der Waals surface area contributed by atoms with Gasteiger partial charge in [-0.25, -0.2) is 0 Å². The van der Waals surface area contributed by atoms with Gasteiger partial charge in [-0.1, -0.05) is 124 Å². The summed E-state index contributed by atoms with van der Waals surface area (Å²) in [5.74, 6) is 0.854. The van der Waals surface area contributed by atoms with E-state index in [4.69, 9.17) is 9.40 Å². The molecular formula is C49H60IrNO3S-. The largest absolute Gasteiger partial charge is 0.512 e. The summed E-state index contributed by atoms with van der Waals surface area (Å²) < 4.78 is 7.25. The predicted molar refractivity (Wildman–Crippen MR) is 232 cm³/mol. The Balaban J connectivity index is 0.000000320. The first-order valence-corrected chi connectivity index (χ1v) is 20.7. The number of hydrogen-bond acceptors (Lipinski definition) is 5. The van der Waals surface area contributed by atoms with Crippen molar-refractivity contribution in [2.24, 2.45) is 16.7 Å². The van der Waals surface area contributed by atoms with E-state index in [0.29, 0.717) is 5.92 Å². The first kappa shape index (κ1) is 44.1. The molecule has 1 N–H and O–H groups in total. The van der Waals surface area contributed by atoms with Crippen molar-refractivity contribution in [3.05, 3.63) is 101 Å². The summed E-state index contributed by atoms with van der Waals surface area (Å²) in [6, 6.07) is 23.4. The minimum Gasteiger partial charge on any atom is -0.512 e. The van der Waals surface area contributed by atoms with Crippen molar-refractivity contribution in [2.75, 3.05) is 0 Å². The monoisotopic (exact) mass is 935 g/mol. The van der Waals surface area contributed by atoms with Crippen molar-refractivity contribution in [3.63, 3.8) is 0 Å². The van der Waals surface area contributed by atoms with Crippen LogP contribution in [0.25, 0.3) is 54.3 Å².